The minimum Gasteiger partial charge on any atom is -0.462 e. The smallest absolute Gasteiger partial charge is 0.343 e. The number of hydrogen-bond donors (Lipinski definition) is 1. The van der Waals surface area contributed by atoms with E-state index in [0.29, 0.717) is 10.7 Å². The van der Waals surface area contributed by atoms with Crippen molar-refractivity contribution in [2.75, 3.05) is 6.61 Å². The van der Waals surface area contributed by atoms with Crippen molar-refractivity contribution in [3.63, 3.8) is 0 Å². The molecule has 0 aliphatic heterocycles. The number of fused-ring (bicyclic) bond motifs is 1. The SMILES string of the molecule is CCOC(=O)c1c[nH]c2ncc(Cl)cc2c1=O. The molecule has 0 spiro atoms. The van der Waals surface area contributed by atoms with Crippen LogP contribution in [0.25, 0.3) is 11.0 Å². The zero-order valence-electron chi connectivity index (χ0n) is 8.99. The molecule has 88 valence electrons. The molecular weight excluding hydrogens is 244 g/mol. The lowest BCUT2D eigenvalue weighted by molar-refractivity contribution is 0.0524. The highest BCUT2D eigenvalue weighted by Crippen LogP contribution is 2.12. The van der Waals surface area contributed by atoms with Crippen molar-refractivity contribution >= 4 is 28.6 Å². The first-order valence-electron chi connectivity index (χ1n) is 4.97. The van der Waals surface area contributed by atoms with Crippen LogP contribution in [-0.2, 0) is 4.74 Å². The number of aromatic amines is 1. The molecule has 0 saturated carbocycles. The number of nitrogens with zero attached hydrogens (tertiary/aromatic N) is 1. The van der Waals surface area contributed by atoms with Gasteiger partial charge in [-0.05, 0) is 13.0 Å². The predicted octanol–water partition coefficient (Wildman–Crippen LogP) is 1.75. The number of nitrogens with one attached hydrogen (secondary N) is 1. The molecule has 0 atom stereocenters. The van der Waals surface area contributed by atoms with Crippen molar-refractivity contribution in [1.29, 1.82) is 0 Å². The lowest BCUT2D eigenvalue weighted by Crippen LogP contribution is -2.18. The summed E-state index contributed by atoms with van der Waals surface area (Å²) in [5.41, 5.74) is -0.108. The molecule has 0 saturated heterocycles. The van der Waals surface area contributed by atoms with Crippen molar-refractivity contribution < 1.29 is 9.53 Å². The number of ether oxygens (including phenoxy) is 1. The maximum absolute atomic E-state index is 12.0. The molecule has 2 heterocycles. The van der Waals surface area contributed by atoms with Crippen LogP contribution in [0.4, 0.5) is 0 Å². The van der Waals surface area contributed by atoms with Gasteiger partial charge < -0.3 is 9.72 Å². The summed E-state index contributed by atoms with van der Waals surface area (Å²) in [6.07, 6.45) is 2.72. The number of aromatic nitrogens is 2. The molecule has 0 amide bonds. The van der Waals surface area contributed by atoms with E-state index in [9.17, 15) is 9.59 Å². The number of halogens is 1. The summed E-state index contributed by atoms with van der Waals surface area (Å²) in [5, 5.41) is 0.604. The number of esters is 1. The minimum absolute atomic E-state index is 0.0524. The molecule has 0 unspecified atom stereocenters. The van der Waals surface area contributed by atoms with E-state index in [1.807, 2.05) is 0 Å². The van der Waals surface area contributed by atoms with Gasteiger partial charge >= 0.3 is 5.97 Å². The second-order valence-electron chi connectivity index (χ2n) is 3.30. The van der Waals surface area contributed by atoms with Crippen LogP contribution in [0.5, 0.6) is 0 Å². The highest BCUT2D eigenvalue weighted by atomic mass is 35.5. The van der Waals surface area contributed by atoms with E-state index in [1.165, 1.54) is 18.5 Å². The Morgan fingerprint density at radius 1 is 1.59 bits per heavy atom. The summed E-state index contributed by atoms with van der Waals surface area (Å²) in [6, 6.07) is 1.46. The molecule has 17 heavy (non-hydrogen) atoms. The van der Waals surface area contributed by atoms with Gasteiger partial charge in [-0.3, -0.25) is 4.79 Å². The number of pyridine rings is 2. The Balaban J connectivity index is 2.65. The third-order valence-corrected chi connectivity index (χ3v) is 2.40. The summed E-state index contributed by atoms with van der Waals surface area (Å²) in [6.45, 7) is 1.88. The molecule has 0 aliphatic rings. The first-order valence-corrected chi connectivity index (χ1v) is 5.35. The summed E-state index contributed by atoms with van der Waals surface area (Å²) in [7, 11) is 0. The molecule has 0 aromatic carbocycles. The van der Waals surface area contributed by atoms with Crippen LogP contribution in [-0.4, -0.2) is 22.5 Å². The fourth-order valence-electron chi connectivity index (χ4n) is 1.44. The van der Waals surface area contributed by atoms with Gasteiger partial charge in [0.25, 0.3) is 0 Å². The predicted molar refractivity (Wildman–Crippen MR) is 63.3 cm³/mol. The number of hydrogen-bond acceptors (Lipinski definition) is 4. The Hall–Kier alpha value is -1.88. The molecule has 1 N–H and O–H groups in total. The van der Waals surface area contributed by atoms with E-state index in [2.05, 4.69) is 9.97 Å². The largest absolute Gasteiger partial charge is 0.462 e. The topological polar surface area (TPSA) is 72.1 Å². The van der Waals surface area contributed by atoms with Gasteiger partial charge in [0.2, 0.25) is 5.43 Å². The third kappa shape index (κ3) is 2.14. The zero-order valence-corrected chi connectivity index (χ0v) is 9.75. The molecule has 0 fully saturated rings. The van der Waals surface area contributed by atoms with Crippen LogP contribution in [0.1, 0.15) is 17.3 Å². The van der Waals surface area contributed by atoms with E-state index in [4.69, 9.17) is 16.3 Å². The summed E-state index contributed by atoms with van der Waals surface area (Å²) >= 11 is 5.75. The van der Waals surface area contributed by atoms with Crippen LogP contribution in [0.15, 0.2) is 23.3 Å². The Kier molecular flexibility index (Phi) is 3.10. The summed E-state index contributed by atoms with van der Waals surface area (Å²) in [5.74, 6) is -0.657. The van der Waals surface area contributed by atoms with E-state index in [0.717, 1.165) is 0 Å². The standard InChI is InChI=1S/C11H9ClN2O3/c1-2-17-11(16)8-5-14-10-7(9(8)15)3-6(12)4-13-10/h3-5H,2H2,1H3,(H,13,14,15). The van der Waals surface area contributed by atoms with Crippen molar-refractivity contribution in [2.45, 2.75) is 6.92 Å². The minimum atomic E-state index is -0.657. The molecule has 0 aliphatic carbocycles. The van der Waals surface area contributed by atoms with E-state index in [-0.39, 0.29) is 17.6 Å². The average molecular weight is 253 g/mol. The number of carbonyl (C=O) groups excluding carboxylic acids is 1. The lowest BCUT2D eigenvalue weighted by atomic mass is 10.2. The van der Waals surface area contributed by atoms with Crippen molar-refractivity contribution in [3.05, 3.63) is 39.3 Å². The van der Waals surface area contributed by atoms with Gasteiger partial charge in [-0.1, -0.05) is 11.6 Å². The third-order valence-electron chi connectivity index (χ3n) is 2.19. The van der Waals surface area contributed by atoms with Gasteiger partial charge in [0.15, 0.2) is 0 Å². The second-order valence-corrected chi connectivity index (χ2v) is 3.74. The van der Waals surface area contributed by atoms with Crippen molar-refractivity contribution in [1.82, 2.24) is 9.97 Å². The molecule has 0 radical (unpaired) electrons. The van der Waals surface area contributed by atoms with Gasteiger partial charge in [-0.2, -0.15) is 0 Å². The first-order chi connectivity index (χ1) is 8.13. The second kappa shape index (κ2) is 4.55. The Labute approximate surface area is 101 Å². The van der Waals surface area contributed by atoms with E-state index < -0.39 is 11.4 Å². The number of carbonyl (C=O) groups is 1. The monoisotopic (exact) mass is 252 g/mol. The van der Waals surface area contributed by atoms with Crippen LogP contribution in [0.3, 0.4) is 0 Å². The zero-order chi connectivity index (χ0) is 12.4. The van der Waals surface area contributed by atoms with Crippen molar-refractivity contribution in [2.24, 2.45) is 0 Å². The maximum Gasteiger partial charge on any atom is 0.343 e. The van der Waals surface area contributed by atoms with Crippen LogP contribution in [0, 0.1) is 0 Å². The maximum atomic E-state index is 12.0. The van der Waals surface area contributed by atoms with Crippen LogP contribution < -0.4 is 5.43 Å². The molecular formula is C11H9ClN2O3. The van der Waals surface area contributed by atoms with Gasteiger partial charge in [0.05, 0.1) is 17.0 Å². The Morgan fingerprint density at radius 3 is 3.06 bits per heavy atom. The highest BCUT2D eigenvalue weighted by molar-refractivity contribution is 6.31. The lowest BCUT2D eigenvalue weighted by Gasteiger charge is -2.02. The average Bonchev–Trinajstić information content (AvgIpc) is 2.30. The van der Waals surface area contributed by atoms with Crippen LogP contribution >= 0.6 is 11.6 Å². The Morgan fingerprint density at radius 2 is 2.35 bits per heavy atom. The highest BCUT2D eigenvalue weighted by Gasteiger charge is 2.14. The van der Waals surface area contributed by atoms with Crippen LogP contribution in [0.2, 0.25) is 5.02 Å². The first kappa shape index (κ1) is 11.6. The molecule has 2 rings (SSSR count). The van der Waals surface area contributed by atoms with Gasteiger partial charge in [-0.25, -0.2) is 9.78 Å². The summed E-state index contributed by atoms with van der Waals surface area (Å²) < 4.78 is 4.78. The fourth-order valence-corrected chi connectivity index (χ4v) is 1.60. The van der Waals surface area contributed by atoms with E-state index in [1.54, 1.807) is 6.92 Å². The normalized spacial score (nSPS) is 10.5. The van der Waals surface area contributed by atoms with Gasteiger partial charge in [0, 0.05) is 12.4 Å². The molecule has 2 aromatic rings. The van der Waals surface area contributed by atoms with Gasteiger partial charge in [0.1, 0.15) is 11.2 Å². The van der Waals surface area contributed by atoms with Crippen molar-refractivity contribution in [3.8, 4) is 0 Å². The molecule has 5 nitrogen and oxygen atoms in total. The van der Waals surface area contributed by atoms with Gasteiger partial charge in [-0.15, -0.1) is 0 Å². The van der Waals surface area contributed by atoms with E-state index >= 15 is 0 Å². The molecule has 2 aromatic heterocycles. The molecule has 6 heteroatoms. The molecule has 0 bridgehead atoms. The quantitative estimate of drug-likeness (QED) is 0.827. The Bertz CT molecular complexity index is 636. The number of rotatable bonds is 2. The summed E-state index contributed by atoms with van der Waals surface area (Å²) in [4.78, 5) is 30.2. The number of H-pyrrole nitrogens is 1. The fraction of sp³-hybridized carbons (Fsp3) is 0.182.